The van der Waals surface area contributed by atoms with Crippen molar-refractivity contribution in [1.82, 2.24) is 9.97 Å². The van der Waals surface area contributed by atoms with Gasteiger partial charge in [0.15, 0.2) is 0 Å². The standard InChI is InChI=1S/C15H24N4O/c1-10(2)20-14-5-6-17-15(18-14)19-8-11-3-4-13(16)7-12(11)9-19/h5-6,10-13H,3-4,7-9,16H2,1-2H3/t11-,12+,13?/m1/s1. The van der Waals surface area contributed by atoms with Gasteiger partial charge in [0.05, 0.1) is 6.10 Å². The van der Waals surface area contributed by atoms with Gasteiger partial charge < -0.3 is 15.4 Å². The van der Waals surface area contributed by atoms with E-state index in [4.69, 9.17) is 10.5 Å². The minimum atomic E-state index is 0.136. The zero-order chi connectivity index (χ0) is 14.1. The molecule has 0 amide bonds. The summed E-state index contributed by atoms with van der Waals surface area (Å²) in [5, 5.41) is 0. The molecular weight excluding hydrogens is 252 g/mol. The smallest absolute Gasteiger partial charge is 0.228 e. The van der Waals surface area contributed by atoms with Gasteiger partial charge in [0.25, 0.3) is 0 Å². The van der Waals surface area contributed by atoms with E-state index in [1.807, 2.05) is 19.9 Å². The molecule has 110 valence electrons. The molecule has 3 atom stereocenters. The second-order valence-electron chi connectivity index (χ2n) is 6.36. The number of nitrogens with two attached hydrogens (primary N) is 1. The fourth-order valence-corrected chi connectivity index (χ4v) is 3.42. The van der Waals surface area contributed by atoms with Crippen LogP contribution in [0.2, 0.25) is 0 Å². The molecule has 3 rings (SSSR count). The Bertz CT molecular complexity index is 465. The Labute approximate surface area is 120 Å². The third-order valence-electron chi connectivity index (χ3n) is 4.35. The summed E-state index contributed by atoms with van der Waals surface area (Å²) in [5.74, 6) is 2.92. The molecule has 2 N–H and O–H groups in total. The Hall–Kier alpha value is -1.36. The molecule has 1 saturated heterocycles. The van der Waals surface area contributed by atoms with Gasteiger partial charge in [-0.1, -0.05) is 0 Å². The lowest BCUT2D eigenvalue weighted by molar-refractivity contribution is 0.232. The number of hydrogen-bond acceptors (Lipinski definition) is 5. The SMILES string of the molecule is CC(C)Oc1ccnc(N2C[C@H]3CCC(N)C[C@H]3C2)n1. The normalized spacial score (nSPS) is 29.6. The minimum Gasteiger partial charge on any atom is -0.475 e. The van der Waals surface area contributed by atoms with Crippen LogP contribution >= 0.6 is 0 Å². The maximum Gasteiger partial charge on any atom is 0.228 e. The van der Waals surface area contributed by atoms with Gasteiger partial charge in [-0.25, -0.2) is 4.98 Å². The highest BCUT2D eigenvalue weighted by Gasteiger charge is 2.37. The van der Waals surface area contributed by atoms with Crippen LogP contribution in [0, 0.1) is 11.8 Å². The number of nitrogens with zero attached hydrogens (tertiary/aromatic N) is 3. The fraction of sp³-hybridized carbons (Fsp3) is 0.733. The highest BCUT2D eigenvalue weighted by atomic mass is 16.5. The number of fused-ring (bicyclic) bond motifs is 1. The maximum absolute atomic E-state index is 6.08. The van der Waals surface area contributed by atoms with E-state index in [9.17, 15) is 0 Å². The van der Waals surface area contributed by atoms with Crippen LogP contribution in [-0.4, -0.2) is 35.2 Å². The van der Waals surface area contributed by atoms with Crippen LogP contribution in [0.25, 0.3) is 0 Å². The Balaban J connectivity index is 1.71. The van der Waals surface area contributed by atoms with E-state index in [1.165, 1.54) is 6.42 Å². The van der Waals surface area contributed by atoms with Crippen LogP contribution in [0.4, 0.5) is 5.95 Å². The number of rotatable bonds is 3. The van der Waals surface area contributed by atoms with Crippen molar-refractivity contribution in [3.63, 3.8) is 0 Å². The molecular formula is C15H24N4O. The first-order valence-electron chi connectivity index (χ1n) is 7.62. The molecule has 1 aliphatic heterocycles. The molecule has 0 aromatic carbocycles. The summed E-state index contributed by atoms with van der Waals surface area (Å²) in [7, 11) is 0. The second kappa shape index (κ2) is 5.56. The van der Waals surface area contributed by atoms with E-state index in [0.29, 0.717) is 17.8 Å². The average molecular weight is 276 g/mol. The molecule has 1 aromatic rings. The minimum absolute atomic E-state index is 0.136. The van der Waals surface area contributed by atoms with Crippen molar-refractivity contribution in [3.05, 3.63) is 12.3 Å². The lowest BCUT2D eigenvalue weighted by Crippen LogP contribution is -2.32. The Morgan fingerprint density at radius 1 is 1.30 bits per heavy atom. The van der Waals surface area contributed by atoms with Crippen LogP contribution in [0.1, 0.15) is 33.1 Å². The lowest BCUT2D eigenvalue weighted by Gasteiger charge is -2.27. The van der Waals surface area contributed by atoms with E-state index in [2.05, 4.69) is 14.9 Å². The maximum atomic E-state index is 6.08. The number of hydrogen-bond donors (Lipinski definition) is 1. The first-order chi connectivity index (χ1) is 9.61. The van der Waals surface area contributed by atoms with E-state index < -0.39 is 0 Å². The number of ether oxygens (including phenoxy) is 1. The first-order valence-corrected chi connectivity index (χ1v) is 7.62. The van der Waals surface area contributed by atoms with Crippen molar-refractivity contribution in [1.29, 1.82) is 0 Å². The van der Waals surface area contributed by atoms with E-state index in [-0.39, 0.29) is 6.10 Å². The van der Waals surface area contributed by atoms with Crippen LogP contribution in [0.15, 0.2) is 12.3 Å². The predicted octanol–water partition coefficient (Wildman–Crippen LogP) is 1.83. The van der Waals surface area contributed by atoms with Gasteiger partial charge in [-0.3, -0.25) is 0 Å². The van der Waals surface area contributed by atoms with E-state index >= 15 is 0 Å². The van der Waals surface area contributed by atoms with Gasteiger partial charge in [0, 0.05) is 31.4 Å². The molecule has 2 heterocycles. The molecule has 0 spiro atoms. The Morgan fingerprint density at radius 2 is 2.10 bits per heavy atom. The monoisotopic (exact) mass is 276 g/mol. The van der Waals surface area contributed by atoms with E-state index in [0.717, 1.165) is 37.8 Å². The van der Waals surface area contributed by atoms with Crippen molar-refractivity contribution in [2.24, 2.45) is 17.6 Å². The molecule has 2 fully saturated rings. The summed E-state index contributed by atoms with van der Waals surface area (Å²) in [5.41, 5.74) is 6.08. The van der Waals surface area contributed by atoms with Gasteiger partial charge in [-0.05, 0) is 44.9 Å². The highest BCUT2D eigenvalue weighted by Crippen LogP contribution is 2.36. The summed E-state index contributed by atoms with van der Waals surface area (Å²) < 4.78 is 5.65. The molecule has 20 heavy (non-hydrogen) atoms. The van der Waals surface area contributed by atoms with Crippen LogP contribution in [-0.2, 0) is 0 Å². The predicted molar refractivity (Wildman–Crippen MR) is 78.8 cm³/mol. The van der Waals surface area contributed by atoms with Crippen molar-refractivity contribution >= 4 is 5.95 Å². The summed E-state index contributed by atoms with van der Waals surface area (Å²) in [6.07, 6.45) is 5.46. The second-order valence-corrected chi connectivity index (χ2v) is 6.36. The molecule has 0 radical (unpaired) electrons. The molecule has 1 unspecified atom stereocenters. The average Bonchev–Trinajstić information content (AvgIpc) is 2.81. The number of aromatic nitrogens is 2. The Kier molecular flexibility index (Phi) is 3.78. The highest BCUT2D eigenvalue weighted by molar-refractivity contribution is 5.34. The van der Waals surface area contributed by atoms with Crippen molar-refractivity contribution in [2.45, 2.75) is 45.3 Å². The first kappa shape index (κ1) is 13.6. The van der Waals surface area contributed by atoms with Crippen molar-refractivity contribution < 1.29 is 4.74 Å². The summed E-state index contributed by atoms with van der Waals surface area (Å²) >= 11 is 0. The third kappa shape index (κ3) is 2.87. The molecule has 5 heteroatoms. The van der Waals surface area contributed by atoms with Crippen molar-refractivity contribution in [3.8, 4) is 5.88 Å². The third-order valence-corrected chi connectivity index (χ3v) is 4.35. The lowest BCUT2D eigenvalue weighted by atomic mass is 9.79. The van der Waals surface area contributed by atoms with Gasteiger partial charge in [0.2, 0.25) is 11.8 Å². The molecule has 2 aliphatic rings. The zero-order valence-corrected chi connectivity index (χ0v) is 12.3. The Morgan fingerprint density at radius 3 is 2.90 bits per heavy atom. The number of anilines is 1. The molecule has 1 saturated carbocycles. The largest absolute Gasteiger partial charge is 0.475 e. The molecule has 1 aliphatic carbocycles. The van der Waals surface area contributed by atoms with Gasteiger partial charge in [-0.15, -0.1) is 0 Å². The fourth-order valence-electron chi connectivity index (χ4n) is 3.42. The van der Waals surface area contributed by atoms with Gasteiger partial charge >= 0.3 is 0 Å². The summed E-state index contributed by atoms with van der Waals surface area (Å²) in [6, 6.07) is 2.20. The van der Waals surface area contributed by atoms with Crippen molar-refractivity contribution in [2.75, 3.05) is 18.0 Å². The molecule has 1 aromatic heterocycles. The summed E-state index contributed by atoms with van der Waals surface area (Å²) in [6.45, 7) is 6.10. The molecule has 5 nitrogen and oxygen atoms in total. The van der Waals surface area contributed by atoms with Gasteiger partial charge in [0.1, 0.15) is 0 Å². The zero-order valence-electron chi connectivity index (χ0n) is 12.3. The topological polar surface area (TPSA) is 64.3 Å². The van der Waals surface area contributed by atoms with Crippen LogP contribution < -0.4 is 15.4 Å². The van der Waals surface area contributed by atoms with E-state index in [1.54, 1.807) is 6.20 Å². The molecule has 0 bridgehead atoms. The summed E-state index contributed by atoms with van der Waals surface area (Å²) in [4.78, 5) is 11.2. The van der Waals surface area contributed by atoms with Crippen LogP contribution in [0.3, 0.4) is 0 Å². The van der Waals surface area contributed by atoms with Crippen LogP contribution in [0.5, 0.6) is 5.88 Å². The quantitative estimate of drug-likeness (QED) is 0.912. The van der Waals surface area contributed by atoms with Gasteiger partial charge in [-0.2, -0.15) is 4.98 Å².